The van der Waals surface area contributed by atoms with Crippen molar-refractivity contribution < 1.29 is 32.6 Å². The van der Waals surface area contributed by atoms with Gasteiger partial charge in [-0.25, -0.2) is 12.7 Å². The number of aryl methyl sites for hydroxylation is 1. The molecule has 0 aromatic heterocycles. The van der Waals surface area contributed by atoms with Crippen LogP contribution in [0.3, 0.4) is 0 Å². The summed E-state index contributed by atoms with van der Waals surface area (Å²) in [5.41, 5.74) is 6.09. The summed E-state index contributed by atoms with van der Waals surface area (Å²) in [6, 6.07) is 28.8. The summed E-state index contributed by atoms with van der Waals surface area (Å²) < 4.78 is 43.7. The lowest BCUT2D eigenvalue weighted by molar-refractivity contribution is -0.136. The predicted octanol–water partition coefficient (Wildman–Crippen LogP) is 7.09. The molecule has 3 heterocycles. The van der Waals surface area contributed by atoms with E-state index in [0.717, 1.165) is 62.1 Å². The number of sulfonamides is 1. The minimum Gasteiger partial charge on any atom is -0.481 e. The molecule has 0 amide bonds. The number of carboxylic acid groups (broad SMARTS) is 1. The van der Waals surface area contributed by atoms with Crippen LogP contribution >= 0.6 is 11.9 Å². The fourth-order valence-corrected chi connectivity index (χ4v) is 11.6. The van der Waals surface area contributed by atoms with Crippen molar-refractivity contribution in [2.45, 2.75) is 85.0 Å². The molecule has 1 aliphatic carbocycles. The highest BCUT2D eigenvalue weighted by Gasteiger charge is 2.43. The largest absolute Gasteiger partial charge is 0.481 e. The Morgan fingerprint density at radius 3 is 2.31 bits per heavy atom. The van der Waals surface area contributed by atoms with Gasteiger partial charge in [-0.3, -0.25) is 9.59 Å². The zero-order valence-electron chi connectivity index (χ0n) is 30.4. The van der Waals surface area contributed by atoms with Crippen LogP contribution in [0, 0.1) is 0 Å². The van der Waals surface area contributed by atoms with E-state index in [9.17, 15) is 23.1 Å². The Hall–Kier alpha value is -4.00. The molecule has 9 nitrogen and oxygen atoms in total. The molecule has 4 aliphatic rings. The van der Waals surface area contributed by atoms with Gasteiger partial charge in [-0.2, -0.15) is 4.31 Å². The number of hydrogen-bond acceptors (Lipinski definition) is 8. The number of nitrogens with zero attached hydrogens (tertiary/aromatic N) is 2. The highest BCUT2D eigenvalue weighted by molar-refractivity contribution is 7.97. The normalized spacial score (nSPS) is 19.6. The Kier molecular flexibility index (Phi) is 10.4. The van der Waals surface area contributed by atoms with Gasteiger partial charge in [0.15, 0.2) is 0 Å². The lowest BCUT2D eigenvalue weighted by Gasteiger charge is -2.45. The molecule has 2 spiro atoms. The van der Waals surface area contributed by atoms with Crippen LogP contribution in [0.2, 0.25) is 0 Å². The van der Waals surface area contributed by atoms with Crippen molar-refractivity contribution in [3.63, 3.8) is 0 Å². The van der Waals surface area contributed by atoms with E-state index in [2.05, 4.69) is 22.5 Å². The molecular formula is C43H46N2O7S2. The summed E-state index contributed by atoms with van der Waals surface area (Å²) in [5, 5.41) is 9.18. The van der Waals surface area contributed by atoms with Gasteiger partial charge < -0.3 is 14.6 Å². The second-order valence-electron chi connectivity index (χ2n) is 15.1. The molecule has 2 fully saturated rings. The van der Waals surface area contributed by atoms with Gasteiger partial charge in [0, 0.05) is 31.1 Å². The number of fused-ring (bicyclic) bond motifs is 4. The third-order valence-electron chi connectivity index (χ3n) is 11.8. The number of esters is 1. The molecule has 4 aromatic carbocycles. The second kappa shape index (κ2) is 15.3. The number of rotatable bonds is 9. The SMILES string of the molecule is O=C(O)Cc1cccc(SN2CCC3(CCCc4cc(OC(=O)Cc5cccc(S(=O)(=O)N6CCC7(CC6)OCCc6ccccc67)c5)ccc43)CC2)c1. The Morgan fingerprint density at radius 1 is 0.759 bits per heavy atom. The first-order chi connectivity index (χ1) is 26.1. The van der Waals surface area contributed by atoms with Crippen LogP contribution in [-0.4, -0.2) is 66.9 Å². The highest BCUT2D eigenvalue weighted by Crippen LogP contribution is 2.47. The van der Waals surface area contributed by atoms with Crippen molar-refractivity contribution >= 4 is 33.9 Å². The second-order valence-corrected chi connectivity index (χ2v) is 18.3. The van der Waals surface area contributed by atoms with Gasteiger partial charge in [-0.1, -0.05) is 54.6 Å². The van der Waals surface area contributed by atoms with E-state index < -0.39 is 27.6 Å². The summed E-state index contributed by atoms with van der Waals surface area (Å²) in [6.07, 6.45) is 7.26. The number of carbonyl (C=O) groups is 2. The number of ether oxygens (including phenoxy) is 2. The third-order valence-corrected chi connectivity index (χ3v) is 14.8. The summed E-state index contributed by atoms with van der Waals surface area (Å²) >= 11 is 1.70. The van der Waals surface area contributed by atoms with Gasteiger partial charge in [-0.15, -0.1) is 0 Å². The molecule has 2 saturated heterocycles. The summed E-state index contributed by atoms with van der Waals surface area (Å²) in [4.78, 5) is 25.6. The fourth-order valence-electron chi connectivity index (χ4n) is 9.09. The zero-order chi connectivity index (χ0) is 37.3. The van der Waals surface area contributed by atoms with E-state index in [1.165, 1.54) is 22.3 Å². The van der Waals surface area contributed by atoms with E-state index in [4.69, 9.17) is 9.47 Å². The molecule has 8 rings (SSSR count). The van der Waals surface area contributed by atoms with Crippen molar-refractivity contribution in [2.75, 3.05) is 32.8 Å². The van der Waals surface area contributed by atoms with Crippen LogP contribution in [0.1, 0.15) is 71.9 Å². The molecule has 4 aromatic rings. The molecule has 54 heavy (non-hydrogen) atoms. The van der Waals surface area contributed by atoms with Crippen molar-refractivity contribution in [1.29, 1.82) is 0 Å². The van der Waals surface area contributed by atoms with Gasteiger partial charge in [0.1, 0.15) is 5.75 Å². The summed E-state index contributed by atoms with van der Waals surface area (Å²) in [7, 11) is -3.76. The first-order valence-electron chi connectivity index (χ1n) is 19.0. The monoisotopic (exact) mass is 766 g/mol. The van der Waals surface area contributed by atoms with Crippen molar-refractivity contribution in [1.82, 2.24) is 8.61 Å². The molecular weight excluding hydrogens is 721 g/mol. The van der Waals surface area contributed by atoms with Gasteiger partial charge in [0.25, 0.3) is 0 Å². The number of hydrogen-bond donors (Lipinski definition) is 1. The highest BCUT2D eigenvalue weighted by atomic mass is 32.2. The summed E-state index contributed by atoms with van der Waals surface area (Å²) in [6.45, 7) is 3.23. The molecule has 3 aliphatic heterocycles. The van der Waals surface area contributed by atoms with Gasteiger partial charge in [-0.05, 0) is 139 Å². The lowest BCUT2D eigenvalue weighted by Crippen LogP contribution is -2.48. The zero-order valence-corrected chi connectivity index (χ0v) is 32.0. The smallest absolute Gasteiger partial charge is 0.315 e. The minimum absolute atomic E-state index is 0.0237. The predicted molar refractivity (Wildman–Crippen MR) is 207 cm³/mol. The van der Waals surface area contributed by atoms with Crippen LogP contribution < -0.4 is 4.74 Å². The Bertz CT molecular complexity index is 2150. The fraction of sp³-hybridized carbons (Fsp3) is 0.395. The first-order valence-corrected chi connectivity index (χ1v) is 21.2. The number of benzene rings is 4. The van der Waals surface area contributed by atoms with Crippen LogP contribution in [-0.2, 0) is 61.0 Å². The standard InChI is InChI=1S/C43H46N2O7S2/c46-40(47)28-31-6-3-10-36(26-31)53-44-21-17-42(18-22-44)16-5-9-34-30-35(13-14-38(34)42)52-41(48)29-32-7-4-11-37(27-32)54(49,50)45-23-19-43(20-24-45)39-12-2-1-8-33(39)15-25-51-43/h1-4,6-8,10-14,26-27,30H,5,9,15-25,28-29H2,(H,46,47). The van der Waals surface area contributed by atoms with E-state index in [1.54, 1.807) is 40.5 Å². The topological polar surface area (TPSA) is 113 Å². The average molecular weight is 767 g/mol. The minimum atomic E-state index is -3.76. The van der Waals surface area contributed by atoms with Gasteiger partial charge in [0.2, 0.25) is 10.0 Å². The van der Waals surface area contributed by atoms with Crippen LogP contribution in [0.4, 0.5) is 0 Å². The van der Waals surface area contributed by atoms with Crippen LogP contribution in [0.5, 0.6) is 5.75 Å². The number of carbonyl (C=O) groups excluding carboxylic acids is 1. The van der Waals surface area contributed by atoms with Crippen molar-refractivity contribution in [2.24, 2.45) is 0 Å². The first kappa shape index (κ1) is 36.9. The molecule has 0 atom stereocenters. The van der Waals surface area contributed by atoms with E-state index in [1.807, 2.05) is 48.5 Å². The number of aliphatic carboxylic acids is 1. The summed E-state index contributed by atoms with van der Waals surface area (Å²) in [5.74, 6) is -0.739. The molecule has 0 bridgehead atoms. The molecule has 0 saturated carbocycles. The van der Waals surface area contributed by atoms with Crippen molar-refractivity contribution in [3.8, 4) is 5.75 Å². The van der Waals surface area contributed by atoms with E-state index >= 15 is 0 Å². The number of piperidine rings is 2. The van der Waals surface area contributed by atoms with Gasteiger partial charge in [0.05, 0.1) is 29.9 Å². The maximum Gasteiger partial charge on any atom is 0.315 e. The molecule has 0 unspecified atom stereocenters. The van der Waals surface area contributed by atoms with Gasteiger partial charge >= 0.3 is 11.9 Å². The van der Waals surface area contributed by atoms with Crippen LogP contribution in [0.25, 0.3) is 0 Å². The Balaban J connectivity index is 0.877. The van der Waals surface area contributed by atoms with Crippen LogP contribution in [0.15, 0.2) is 101 Å². The third kappa shape index (κ3) is 7.62. The van der Waals surface area contributed by atoms with E-state index in [-0.39, 0.29) is 23.2 Å². The lowest BCUT2D eigenvalue weighted by atomic mass is 9.65. The Morgan fingerprint density at radius 2 is 1.52 bits per heavy atom. The quantitative estimate of drug-likeness (QED) is 0.108. The molecule has 11 heteroatoms. The maximum atomic E-state index is 13.8. The molecule has 1 N–H and O–H groups in total. The van der Waals surface area contributed by atoms with E-state index in [0.29, 0.717) is 43.9 Å². The number of carboxylic acids is 1. The van der Waals surface area contributed by atoms with Crippen molar-refractivity contribution in [3.05, 3.63) is 124 Å². The average Bonchev–Trinajstić information content (AvgIpc) is 3.16. The Labute approximate surface area is 321 Å². The molecule has 0 radical (unpaired) electrons. The maximum absolute atomic E-state index is 13.8. The molecule has 282 valence electrons.